The van der Waals surface area contributed by atoms with Crippen molar-refractivity contribution >= 4 is 0 Å². The number of ether oxygens (including phenoxy) is 4. The summed E-state index contributed by atoms with van der Waals surface area (Å²) >= 11 is 0. The first-order chi connectivity index (χ1) is 12.7. The van der Waals surface area contributed by atoms with Gasteiger partial charge in [-0.1, -0.05) is 60.7 Å². The predicted octanol–water partition coefficient (Wildman–Crippen LogP) is 1.94. The highest BCUT2D eigenvalue weighted by molar-refractivity contribution is 5.18. The molecule has 4 rings (SSSR count). The average molecular weight is 358 g/mol. The second-order valence-electron chi connectivity index (χ2n) is 6.49. The van der Waals surface area contributed by atoms with Crippen LogP contribution in [0.15, 0.2) is 60.7 Å². The van der Waals surface area contributed by atoms with Crippen molar-refractivity contribution in [2.75, 3.05) is 13.2 Å². The lowest BCUT2D eigenvalue weighted by molar-refractivity contribution is -0.182. The van der Waals surface area contributed by atoms with Crippen LogP contribution in [0.5, 0.6) is 0 Å². The molecule has 6 atom stereocenters. The third kappa shape index (κ3) is 3.66. The van der Waals surface area contributed by atoms with Crippen LogP contribution >= 0.6 is 0 Å². The molecule has 138 valence electrons. The minimum Gasteiger partial charge on any atom is -0.388 e. The Kier molecular flexibility index (Phi) is 5.31. The van der Waals surface area contributed by atoms with Gasteiger partial charge in [0, 0.05) is 11.1 Å². The monoisotopic (exact) mass is 358 g/mol. The lowest BCUT2D eigenvalue weighted by Crippen LogP contribution is -2.45. The Morgan fingerprint density at radius 3 is 1.92 bits per heavy atom. The van der Waals surface area contributed by atoms with Crippen LogP contribution in [0.1, 0.15) is 23.7 Å². The van der Waals surface area contributed by atoms with Gasteiger partial charge < -0.3 is 29.2 Å². The Balaban J connectivity index is 1.53. The Hall–Kier alpha value is -1.80. The van der Waals surface area contributed by atoms with Crippen molar-refractivity contribution in [3.8, 4) is 0 Å². The summed E-state index contributed by atoms with van der Waals surface area (Å²) in [5, 5.41) is 20.8. The van der Waals surface area contributed by atoms with E-state index in [9.17, 15) is 10.2 Å². The van der Waals surface area contributed by atoms with Gasteiger partial charge in [0.05, 0.1) is 13.2 Å². The van der Waals surface area contributed by atoms with Crippen LogP contribution in [-0.2, 0) is 18.9 Å². The molecular weight excluding hydrogens is 336 g/mol. The zero-order valence-electron chi connectivity index (χ0n) is 14.2. The van der Waals surface area contributed by atoms with Crippen LogP contribution in [0.25, 0.3) is 0 Å². The molecule has 2 aromatic carbocycles. The van der Waals surface area contributed by atoms with E-state index in [2.05, 4.69) is 0 Å². The molecule has 2 aromatic rings. The van der Waals surface area contributed by atoms with Gasteiger partial charge in [-0.25, -0.2) is 0 Å². The van der Waals surface area contributed by atoms with Crippen molar-refractivity contribution in [3.63, 3.8) is 0 Å². The first kappa shape index (κ1) is 17.6. The molecule has 2 unspecified atom stereocenters. The molecule has 2 aliphatic rings. The summed E-state index contributed by atoms with van der Waals surface area (Å²) in [6, 6.07) is 19.0. The van der Waals surface area contributed by atoms with Crippen molar-refractivity contribution in [3.05, 3.63) is 71.8 Å². The highest BCUT2D eigenvalue weighted by atomic mass is 16.8. The van der Waals surface area contributed by atoms with E-state index in [1.165, 1.54) is 0 Å². The first-order valence-corrected chi connectivity index (χ1v) is 8.72. The number of aliphatic hydroxyl groups is 2. The van der Waals surface area contributed by atoms with E-state index in [1.807, 2.05) is 60.7 Å². The maximum Gasteiger partial charge on any atom is 0.184 e. The maximum absolute atomic E-state index is 10.5. The standard InChI is InChI=1S/C20H22O6/c21-15-11-23-19(13-7-3-1-4-8-13)24-12-16-18(17(15)22)26-20(25-16)14-9-5-2-6-10-14/h1-10,15-22H,11-12H2/t15-,16+,17+,18+,19?,20?/m0/s1. The summed E-state index contributed by atoms with van der Waals surface area (Å²) in [4.78, 5) is 0. The van der Waals surface area contributed by atoms with Gasteiger partial charge in [-0.3, -0.25) is 0 Å². The van der Waals surface area contributed by atoms with E-state index in [0.717, 1.165) is 11.1 Å². The maximum atomic E-state index is 10.5. The van der Waals surface area contributed by atoms with E-state index >= 15 is 0 Å². The molecule has 0 amide bonds. The fourth-order valence-corrected chi connectivity index (χ4v) is 3.24. The Bertz CT molecular complexity index is 694. The molecule has 2 aliphatic heterocycles. The van der Waals surface area contributed by atoms with E-state index in [4.69, 9.17) is 18.9 Å². The molecule has 0 bridgehead atoms. The first-order valence-electron chi connectivity index (χ1n) is 8.72. The summed E-state index contributed by atoms with van der Waals surface area (Å²) in [5.41, 5.74) is 1.70. The SMILES string of the molecule is O[C@H]1[C@@H]2OC(c3ccccc3)O[C@@H]2COC(c2ccccc2)OC[C@@H]1O. The van der Waals surface area contributed by atoms with Crippen LogP contribution in [0.4, 0.5) is 0 Å². The molecule has 2 heterocycles. The minimum absolute atomic E-state index is 0.0662. The van der Waals surface area contributed by atoms with Crippen molar-refractivity contribution < 1.29 is 29.2 Å². The molecule has 2 N–H and O–H groups in total. The lowest BCUT2D eigenvalue weighted by Gasteiger charge is -2.23. The molecule has 0 saturated carbocycles. The summed E-state index contributed by atoms with van der Waals surface area (Å²) in [6.45, 7) is 0.112. The molecule has 0 aromatic heterocycles. The van der Waals surface area contributed by atoms with Crippen LogP contribution in [0.3, 0.4) is 0 Å². The summed E-state index contributed by atoms with van der Waals surface area (Å²) in [7, 11) is 0. The normalized spacial score (nSPS) is 35.2. The van der Waals surface area contributed by atoms with Gasteiger partial charge in [0.2, 0.25) is 0 Å². The Morgan fingerprint density at radius 1 is 0.692 bits per heavy atom. The van der Waals surface area contributed by atoms with E-state index < -0.39 is 37.0 Å². The molecule has 0 aliphatic carbocycles. The number of hydrogen-bond donors (Lipinski definition) is 2. The lowest BCUT2D eigenvalue weighted by atomic mass is 10.0. The molecule has 0 radical (unpaired) electrons. The number of fused-ring (bicyclic) bond motifs is 1. The van der Waals surface area contributed by atoms with Crippen molar-refractivity contribution in [2.24, 2.45) is 0 Å². The number of aliphatic hydroxyl groups excluding tert-OH is 2. The van der Waals surface area contributed by atoms with Gasteiger partial charge in [0.25, 0.3) is 0 Å². The fourth-order valence-electron chi connectivity index (χ4n) is 3.24. The van der Waals surface area contributed by atoms with E-state index in [-0.39, 0.29) is 13.2 Å². The van der Waals surface area contributed by atoms with Gasteiger partial charge in [-0.15, -0.1) is 0 Å². The largest absolute Gasteiger partial charge is 0.388 e. The molecule has 6 nitrogen and oxygen atoms in total. The van der Waals surface area contributed by atoms with Crippen LogP contribution in [0.2, 0.25) is 0 Å². The number of hydrogen-bond acceptors (Lipinski definition) is 6. The Morgan fingerprint density at radius 2 is 1.27 bits per heavy atom. The van der Waals surface area contributed by atoms with Gasteiger partial charge in [-0.2, -0.15) is 0 Å². The highest BCUT2D eigenvalue weighted by Gasteiger charge is 2.45. The van der Waals surface area contributed by atoms with E-state index in [0.29, 0.717) is 0 Å². The third-order valence-corrected chi connectivity index (χ3v) is 4.65. The summed E-state index contributed by atoms with van der Waals surface area (Å²) in [5.74, 6) is 0. The van der Waals surface area contributed by atoms with Gasteiger partial charge in [0.1, 0.15) is 24.4 Å². The second kappa shape index (κ2) is 7.84. The average Bonchev–Trinajstić information content (AvgIpc) is 3.13. The van der Waals surface area contributed by atoms with Crippen molar-refractivity contribution in [2.45, 2.75) is 37.0 Å². The van der Waals surface area contributed by atoms with Crippen LogP contribution < -0.4 is 0 Å². The molecule has 26 heavy (non-hydrogen) atoms. The van der Waals surface area contributed by atoms with Crippen molar-refractivity contribution in [1.82, 2.24) is 0 Å². The number of rotatable bonds is 2. The topological polar surface area (TPSA) is 77.4 Å². The highest BCUT2D eigenvalue weighted by Crippen LogP contribution is 2.35. The third-order valence-electron chi connectivity index (χ3n) is 4.65. The van der Waals surface area contributed by atoms with Gasteiger partial charge >= 0.3 is 0 Å². The molecule has 2 fully saturated rings. The van der Waals surface area contributed by atoms with E-state index in [1.54, 1.807) is 0 Å². The summed E-state index contributed by atoms with van der Waals surface area (Å²) < 4.78 is 23.4. The molecule has 6 heteroatoms. The smallest absolute Gasteiger partial charge is 0.184 e. The zero-order valence-corrected chi connectivity index (χ0v) is 14.2. The van der Waals surface area contributed by atoms with Gasteiger partial charge in [-0.05, 0) is 0 Å². The second-order valence-corrected chi connectivity index (χ2v) is 6.49. The molecule has 0 spiro atoms. The summed E-state index contributed by atoms with van der Waals surface area (Å²) in [6.07, 6.45) is -4.70. The number of benzene rings is 2. The van der Waals surface area contributed by atoms with Crippen molar-refractivity contribution in [1.29, 1.82) is 0 Å². The fraction of sp³-hybridized carbons (Fsp3) is 0.400. The minimum atomic E-state index is -1.13. The quantitative estimate of drug-likeness (QED) is 0.854. The van der Waals surface area contributed by atoms with Crippen LogP contribution in [0, 0.1) is 0 Å². The van der Waals surface area contributed by atoms with Gasteiger partial charge in [0.15, 0.2) is 12.6 Å². The zero-order chi connectivity index (χ0) is 17.9. The molecule has 2 saturated heterocycles. The molecular formula is C20H22O6. The van der Waals surface area contributed by atoms with Crippen LogP contribution in [-0.4, -0.2) is 47.8 Å². The Labute approximate surface area is 151 Å². The predicted molar refractivity (Wildman–Crippen MR) is 92.0 cm³/mol.